The molecule has 0 radical (unpaired) electrons. The molecular weight excluding hydrogens is 346 g/mol. The highest BCUT2D eigenvalue weighted by atomic mass is 35.5. The molecule has 7 heteroatoms. The second-order valence-corrected chi connectivity index (χ2v) is 6.95. The Morgan fingerprint density at radius 3 is 2.50 bits per heavy atom. The highest BCUT2D eigenvalue weighted by Gasteiger charge is 2.12. The Morgan fingerprint density at radius 2 is 1.96 bits per heavy atom. The molecule has 3 N–H and O–H groups in total. The Balaban J connectivity index is 1.94. The molecule has 0 aliphatic carbocycles. The number of rotatable bonds is 8. The summed E-state index contributed by atoms with van der Waals surface area (Å²) < 4.78 is 0.725. The monoisotopic (exact) mass is 363 g/mol. The first-order chi connectivity index (χ1) is 11.5. The van der Waals surface area contributed by atoms with Gasteiger partial charge in [-0.15, -0.1) is 17.9 Å². The molecular formula is C17H18ClN3O2S. The molecule has 0 bridgehead atoms. The molecule has 2 amide bonds. The molecule has 2 aromatic rings. The number of hydrogen-bond donors (Lipinski definition) is 2. The van der Waals surface area contributed by atoms with Crippen molar-refractivity contribution in [1.29, 1.82) is 0 Å². The van der Waals surface area contributed by atoms with Crippen LogP contribution < -0.4 is 11.1 Å². The number of nitrogens with two attached hydrogens (primary N) is 1. The lowest BCUT2D eigenvalue weighted by Crippen LogP contribution is -2.32. The molecule has 0 aliphatic heterocycles. The molecule has 1 aromatic heterocycles. The molecule has 24 heavy (non-hydrogen) atoms. The van der Waals surface area contributed by atoms with Gasteiger partial charge in [0.25, 0.3) is 0 Å². The van der Waals surface area contributed by atoms with Crippen LogP contribution in [0.2, 0.25) is 4.34 Å². The number of anilines is 1. The molecule has 1 aromatic carbocycles. The fraction of sp³-hybridized carbons (Fsp3) is 0.176. The van der Waals surface area contributed by atoms with Gasteiger partial charge in [-0.1, -0.05) is 17.7 Å². The summed E-state index contributed by atoms with van der Waals surface area (Å²) in [7, 11) is 0. The lowest BCUT2D eigenvalue weighted by atomic mass is 10.2. The van der Waals surface area contributed by atoms with E-state index in [1.54, 1.807) is 30.3 Å². The van der Waals surface area contributed by atoms with Gasteiger partial charge in [-0.2, -0.15) is 0 Å². The summed E-state index contributed by atoms with van der Waals surface area (Å²) in [5.74, 6) is -0.647. The second kappa shape index (κ2) is 8.63. The summed E-state index contributed by atoms with van der Waals surface area (Å²) in [5, 5.41) is 2.80. The van der Waals surface area contributed by atoms with Crippen molar-refractivity contribution in [2.24, 2.45) is 5.73 Å². The van der Waals surface area contributed by atoms with Crippen molar-refractivity contribution in [2.45, 2.75) is 6.54 Å². The molecule has 0 atom stereocenters. The number of carbonyl (C=O) groups is 2. The SMILES string of the molecule is C=CCN(CC(=O)Nc1ccc(C(N)=O)cc1)Cc1ccc(Cl)s1. The van der Waals surface area contributed by atoms with Gasteiger partial charge in [-0.05, 0) is 36.4 Å². The minimum atomic E-state index is -0.500. The fourth-order valence-electron chi connectivity index (χ4n) is 2.15. The summed E-state index contributed by atoms with van der Waals surface area (Å²) in [4.78, 5) is 26.3. The van der Waals surface area contributed by atoms with Crippen LogP contribution in [0.15, 0.2) is 49.1 Å². The van der Waals surface area contributed by atoms with Crippen molar-refractivity contribution in [3.63, 3.8) is 0 Å². The zero-order chi connectivity index (χ0) is 17.5. The van der Waals surface area contributed by atoms with Gasteiger partial charge in [0.1, 0.15) is 0 Å². The van der Waals surface area contributed by atoms with E-state index in [9.17, 15) is 9.59 Å². The van der Waals surface area contributed by atoms with Crippen LogP contribution in [0.1, 0.15) is 15.2 Å². The molecule has 0 aliphatic rings. The zero-order valence-corrected chi connectivity index (χ0v) is 14.6. The van der Waals surface area contributed by atoms with Crippen molar-refractivity contribution >= 4 is 40.4 Å². The number of carbonyl (C=O) groups excluding carboxylic acids is 2. The largest absolute Gasteiger partial charge is 0.366 e. The van der Waals surface area contributed by atoms with Crippen LogP contribution >= 0.6 is 22.9 Å². The standard InChI is InChI=1S/C17H18ClN3O2S/c1-2-9-21(10-14-7-8-15(18)24-14)11-16(22)20-13-5-3-12(4-6-13)17(19)23/h2-8H,1,9-11H2,(H2,19,23)(H,20,22). The Morgan fingerprint density at radius 1 is 1.25 bits per heavy atom. The first kappa shape index (κ1) is 18.2. The summed E-state index contributed by atoms with van der Waals surface area (Å²) in [5.41, 5.74) is 6.20. The lowest BCUT2D eigenvalue weighted by Gasteiger charge is -2.19. The molecule has 126 valence electrons. The number of amides is 2. The van der Waals surface area contributed by atoms with E-state index in [4.69, 9.17) is 17.3 Å². The molecule has 5 nitrogen and oxygen atoms in total. The number of halogens is 1. The van der Waals surface area contributed by atoms with Crippen molar-refractivity contribution < 1.29 is 9.59 Å². The van der Waals surface area contributed by atoms with Gasteiger partial charge in [-0.3, -0.25) is 14.5 Å². The normalized spacial score (nSPS) is 10.6. The number of thiophene rings is 1. The predicted octanol–water partition coefficient (Wildman–Crippen LogP) is 3.13. The average Bonchev–Trinajstić information content (AvgIpc) is 2.93. The third-order valence-electron chi connectivity index (χ3n) is 3.22. The Labute approximate surface area is 149 Å². The van der Waals surface area contributed by atoms with E-state index < -0.39 is 5.91 Å². The van der Waals surface area contributed by atoms with E-state index in [1.807, 2.05) is 17.0 Å². The lowest BCUT2D eigenvalue weighted by molar-refractivity contribution is -0.117. The Bertz CT molecular complexity index is 728. The smallest absolute Gasteiger partial charge is 0.248 e. The average molecular weight is 364 g/mol. The summed E-state index contributed by atoms with van der Waals surface area (Å²) in [6.07, 6.45) is 1.75. The van der Waals surface area contributed by atoms with E-state index in [-0.39, 0.29) is 12.5 Å². The second-order valence-electron chi connectivity index (χ2n) is 5.15. The van der Waals surface area contributed by atoms with Crippen LogP contribution in [0.3, 0.4) is 0 Å². The molecule has 0 saturated heterocycles. The zero-order valence-electron chi connectivity index (χ0n) is 13.0. The summed E-state index contributed by atoms with van der Waals surface area (Å²) in [6.45, 7) is 5.16. The van der Waals surface area contributed by atoms with Gasteiger partial charge in [0.2, 0.25) is 11.8 Å². The molecule has 1 heterocycles. The minimum absolute atomic E-state index is 0.147. The van der Waals surface area contributed by atoms with Crippen LogP contribution in [-0.4, -0.2) is 29.8 Å². The molecule has 0 spiro atoms. The molecule has 0 saturated carbocycles. The molecule has 0 unspecified atom stereocenters. The molecule has 2 rings (SSSR count). The Hall–Kier alpha value is -2.15. The van der Waals surface area contributed by atoms with E-state index in [2.05, 4.69) is 11.9 Å². The molecule has 0 fully saturated rings. The quantitative estimate of drug-likeness (QED) is 0.707. The van der Waals surface area contributed by atoms with Crippen LogP contribution in [-0.2, 0) is 11.3 Å². The maximum Gasteiger partial charge on any atom is 0.248 e. The highest BCUT2D eigenvalue weighted by molar-refractivity contribution is 7.16. The van der Waals surface area contributed by atoms with Crippen molar-refractivity contribution in [2.75, 3.05) is 18.4 Å². The topological polar surface area (TPSA) is 75.4 Å². The van der Waals surface area contributed by atoms with Crippen molar-refractivity contribution in [1.82, 2.24) is 4.90 Å². The first-order valence-electron chi connectivity index (χ1n) is 7.25. The van der Waals surface area contributed by atoms with Gasteiger partial charge in [0.05, 0.1) is 10.9 Å². The number of nitrogens with zero attached hydrogens (tertiary/aromatic N) is 1. The van der Waals surface area contributed by atoms with Crippen molar-refractivity contribution in [3.8, 4) is 0 Å². The van der Waals surface area contributed by atoms with E-state index in [0.717, 1.165) is 9.21 Å². The van der Waals surface area contributed by atoms with E-state index in [0.29, 0.717) is 24.3 Å². The minimum Gasteiger partial charge on any atom is -0.366 e. The van der Waals surface area contributed by atoms with Gasteiger partial charge in [-0.25, -0.2) is 0 Å². The summed E-state index contributed by atoms with van der Waals surface area (Å²) in [6, 6.07) is 10.2. The number of primary amides is 1. The van der Waals surface area contributed by atoms with Crippen LogP contribution in [0, 0.1) is 0 Å². The van der Waals surface area contributed by atoms with Gasteiger partial charge >= 0.3 is 0 Å². The van der Waals surface area contributed by atoms with E-state index in [1.165, 1.54) is 11.3 Å². The fourth-order valence-corrected chi connectivity index (χ4v) is 3.28. The van der Waals surface area contributed by atoms with Gasteiger partial charge in [0, 0.05) is 29.2 Å². The summed E-state index contributed by atoms with van der Waals surface area (Å²) >= 11 is 7.43. The third kappa shape index (κ3) is 5.49. The van der Waals surface area contributed by atoms with Gasteiger partial charge in [0.15, 0.2) is 0 Å². The maximum atomic E-state index is 12.2. The first-order valence-corrected chi connectivity index (χ1v) is 8.44. The van der Waals surface area contributed by atoms with E-state index >= 15 is 0 Å². The highest BCUT2D eigenvalue weighted by Crippen LogP contribution is 2.22. The Kier molecular flexibility index (Phi) is 6.54. The number of benzene rings is 1. The number of hydrogen-bond acceptors (Lipinski definition) is 4. The van der Waals surface area contributed by atoms with Crippen LogP contribution in [0.25, 0.3) is 0 Å². The van der Waals surface area contributed by atoms with Crippen LogP contribution in [0.5, 0.6) is 0 Å². The third-order valence-corrected chi connectivity index (χ3v) is 4.43. The van der Waals surface area contributed by atoms with Gasteiger partial charge < -0.3 is 11.1 Å². The van der Waals surface area contributed by atoms with Crippen LogP contribution in [0.4, 0.5) is 5.69 Å². The predicted molar refractivity (Wildman–Crippen MR) is 98.4 cm³/mol. The number of nitrogens with one attached hydrogen (secondary N) is 1. The van der Waals surface area contributed by atoms with Crippen molar-refractivity contribution in [3.05, 3.63) is 63.8 Å². The maximum absolute atomic E-state index is 12.2.